The normalized spacial score (nSPS) is 18.6. The number of piperidine rings is 2. The van der Waals surface area contributed by atoms with E-state index in [0.29, 0.717) is 11.7 Å². The molecule has 0 amide bonds. The first kappa shape index (κ1) is 20.4. The topological polar surface area (TPSA) is 84.2 Å². The van der Waals surface area contributed by atoms with E-state index in [1.165, 1.54) is 18.9 Å². The molecule has 0 radical (unpaired) electrons. The Kier molecular flexibility index (Phi) is 5.75. The molecule has 2 fully saturated rings. The van der Waals surface area contributed by atoms with Gasteiger partial charge in [0.25, 0.3) is 0 Å². The van der Waals surface area contributed by atoms with Crippen LogP contribution in [0.25, 0.3) is 0 Å². The number of nitrogens with zero attached hydrogens (tertiary/aromatic N) is 2. The zero-order valence-corrected chi connectivity index (χ0v) is 17.4. The predicted octanol–water partition coefficient (Wildman–Crippen LogP) is 4.24. The van der Waals surface area contributed by atoms with Gasteiger partial charge < -0.3 is 25.1 Å². The highest BCUT2D eigenvalue weighted by molar-refractivity contribution is 5.91. The third-order valence-corrected chi connectivity index (χ3v) is 6.88. The van der Waals surface area contributed by atoms with Gasteiger partial charge >= 0.3 is 5.97 Å². The number of carbonyl (C=O) groups is 1. The van der Waals surface area contributed by atoms with Crippen LogP contribution in [-0.4, -0.2) is 47.5 Å². The highest BCUT2D eigenvalue weighted by Crippen LogP contribution is 2.36. The van der Waals surface area contributed by atoms with Gasteiger partial charge in [-0.05, 0) is 68.2 Å². The standard InChI is InChI=1S/C24H30N2O4/c1-16-2-3-19(14-22(16)27)25-10-6-17(7-11-25)18-8-12-26(13-9-18)20-4-5-21(24(29)30)23(28)15-20/h2-5,14-15,17-18,27-28H,6-13H2,1H3,(H,29,30). The number of carboxylic acids is 1. The molecular formula is C24H30N2O4. The predicted molar refractivity (Wildman–Crippen MR) is 118 cm³/mol. The zero-order valence-electron chi connectivity index (χ0n) is 17.4. The van der Waals surface area contributed by atoms with Gasteiger partial charge in [-0.25, -0.2) is 4.79 Å². The van der Waals surface area contributed by atoms with Crippen LogP contribution in [0.5, 0.6) is 11.5 Å². The Morgan fingerprint density at radius 2 is 1.27 bits per heavy atom. The number of carboxylic acid groups (broad SMARTS) is 1. The number of anilines is 2. The number of benzene rings is 2. The van der Waals surface area contributed by atoms with Gasteiger partial charge in [0.05, 0.1) is 0 Å². The largest absolute Gasteiger partial charge is 0.508 e. The first-order valence-electron chi connectivity index (χ1n) is 10.8. The Hall–Kier alpha value is -2.89. The van der Waals surface area contributed by atoms with Crippen LogP contribution in [0.15, 0.2) is 36.4 Å². The summed E-state index contributed by atoms with van der Waals surface area (Å²) < 4.78 is 0. The van der Waals surface area contributed by atoms with Crippen LogP contribution in [0.3, 0.4) is 0 Å². The molecule has 160 valence electrons. The van der Waals surface area contributed by atoms with E-state index in [4.69, 9.17) is 5.11 Å². The monoisotopic (exact) mass is 410 g/mol. The van der Waals surface area contributed by atoms with Crippen molar-refractivity contribution < 1.29 is 20.1 Å². The SMILES string of the molecule is Cc1ccc(N2CCC(C3CCN(c4ccc(C(=O)O)c(O)c4)CC3)CC2)cc1O. The van der Waals surface area contributed by atoms with E-state index in [1.54, 1.807) is 12.1 Å². The third kappa shape index (κ3) is 4.18. The Morgan fingerprint density at radius 1 is 0.800 bits per heavy atom. The number of aryl methyl sites for hydroxylation is 1. The molecule has 6 heteroatoms. The van der Waals surface area contributed by atoms with Crippen molar-refractivity contribution in [2.45, 2.75) is 32.6 Å². The summed E-state index contributed by atoms with van der Waals surface area (Å²) in [7, 11) is 0. The molecule has 0 saturated carbocycles. The summed E-state index contributed by atoms with van der Waals surface area (Å²) in [6.45, 7) is 5.83. The van der Waals surface area contributed by atoms with E-state index >= 15 is 0 Å². The molecule has 2 heterocycles. The highest BCUT2D eigenvalue weighted by atomic mass is 16.4. The average Bonchev–Trinajstić information content (AvgIpc) is 2.75. The quantitative estimate of drug-likeness (QED) is 0.699. The maximum Gasteiger partial charge on any atom is 0.339 e. The molecule has 2 aromatic carbocycles. The van der Waals surface area contributed by atoms with E-state index in [-0.39, 0.29) is 11.3 Å². The average molecular weight is 411 g/mol. The van der Waals surface area contributed by atoms with Crippen molar-refractivity contribution in [2.24, 2.45) is 11.8 Å². The van der Waals surface area contributed by atoms with Crippen LogP contribution in [0.2, 0.25) is 0 Å². The van der Waals surface area contributed by atoms with Crippen LogP contribution in [-0.2, 0) is 0 Å². The molecule has 4 rings (SSSR count). The van der Waals surface area contributed by atoms with E-state index in [1.807, 2.05) is 19.1 Å². The summed E-state index contributed by atoms with van der Waals surface area (Å²) in [4.78, 5) is 15.7. The molecule has 2 saturated heterocycles. The van der Waals surface area contributed by atoms with Crippen LogP contribution in [0, 0.1) is 18.8 Å². The second kappa shape index (κ2) is 8.46. The first-order chi connectivity index (χ1) is 14.4. The van der Waals surface area contributed by atoms with Crippen molar-refractivity contribution in [3.05, 3.63) is 47.5 Å². The number of hydrogen-bond donors (Lipinski definition) is 3. The fourth-order valence-corrected chi connectivity index (χ4v) is 4.95. The Labute approximate surface area is 177 Å². The highest BCUT2D eigenvalue weighted by Gasteiger charge is 2.30. The Balaban J connectivity index is 1.30. The number of aromatic hydroxyl groups is 2. The number of aromatic carboxylic acids is 1. The smallest absolute Gasteiger partial charge is 0.339 e. The molecule has 0 spiro atoms. The van der Waals surface area contributed by atoms with Crippen molar-refractivity contribution >= 4 is 17.3 Å². The van der Waals surface area contributed by atoms with Crippen LogP contribution >= 0.6 is 0 Å². The molecule has 6 nitrogen and oxygen atoms in total. The van der Waals surface area contributed by atoms with Crippen molar-refractivity contribution in [1.82, 2.24) is 0 Å². The van der Waals surface area contributed by atoms with E-state index in [2.05, 4.69) is 15.9 Å². The van der Waals surface area contributed by atoms with Gasteiger partial charge in [-0.1, -0.05) is 6.07 Å². The molecule has 0 aliphatic carbocycles. The number of rotatable bonds is 4. The summed E-state index contributed by atoms with van der Waals surface area (Å²) in [5.41, 5.74) is 2.86. The lowest BCUT2D eigenvalue weighted by atomic mass is 9.78. The lowest BCUT2D eigenvalue weighted by Crippen LogP contribution is -2.41. The van der Waals surface area contributed by atoms with E-state index in [9.17, 15) is 15.0 Å². The summed E-state index contributed by atoms with van der Waals surface area (Å²) in [6, 6.07) is 10.8. The molecule has 0 bridgehead atoms. The molecule has 30 heavy (non-hydrogen) atoms. The zero-order chi connectivity index (χ0) is 21.3. The summed E-state index contributed by atoms with van der Waals surface area (Å²) in [5.74, 6) is 0.526. The van der Waals surface area contributed by atoms with Gasteiger partial charge in [-0.15, -0.1) is 0 Å². The number of hydrogen-bond acceptors (Lipinski definition) is 5. The van der Waals surface area contributed by atoms with Gasteiger partial charge in [0, 0.05) is 49.7 Å². The molecule has 0 aromatic heterocycles. The molecule has 2 aromatic rings. The molecule has 3 N–H and O–H groups in total. The van der Waals surface area contributed by atoms with Crippen LogP contribution < -0.4 is 9.80 Å². The minimum Gasteiger partial charge on any atom is -0.508 e. The lowest BCUT2D eigenvalue weighted by Gasteiger charge is -2.41. The Bertz CT molecular complexity index is 913. The van der Waals surface area contributed by atoms with Crippen molar-refractivity contribution in [2.75, 3.05) is 36.0 Å². The van der Waals surface area contributed by atoms with Gasteiger partial charge in [0.2, 0.25) is 0 Å². The maximum atomic E-state index is 11.1. The Morgan fingerprint density at radius 3 is 1.70 bits per heavy atom. The molecule has 0 atom stereocenters. The summed E-state index contributed by atoms with van der Waals surface area (Å²) >= 11 is 0. The van der Waals surface area contributed by atoms with Gasteiger partial charge in [0.15, 0.2) is 0 Å². The lowest BCUT2D eigenvalue weighted by molar-refractivity contribution is 0.0693. The van der Waals surface area contributed by atoms with Crippen molar-refractivity contribution in [3.63, 3.8) is 0 Å². The van der Waals surface area contributed by atoms with Crippen molar-refractivity contribution in [1.29, 1.82) is 0 Å². The second-order valence-electron chi connectivity index (χ2n) is 8.63. The number of phenolic OH excluding ortho intramolecular Hbond substituents is 1. The van der Waals surface area contributed by atoms with Crippen LogP contribution in [0.1, 0.15) is 41.6 Å². The molecule has 2 aliphatic rings. The van der Waals surface area contributed by atoms with Crippen LogP contribution in [0.4, 0.5) is 11.4 Å². The molecule has 0 unspecified atom stereocenters. The van der Waals surface area contributed by atoms with E-state index < -0.39 is 5.97 Å². The first-order valence-corrected chi connectivity index (χ1v) is 10.8. The second-order valence-corrected chi connectivity index (χ2v) is 8.63. The van der Waals surface area contributed by atoms with Crippen molar-refractivity contribution in [3.8, 4) is 11.5 Å². The van der Waals surface area contributed by atoms with Gasteiger partial charge in [0.1, 0.15) is 17.1 Å². The maximum absolute atomic E-state index is 11.1. The van der Waals surface area contributed by atoms with Gasteiger partial charge in [-0.3, -0.25) is 0 Å². The fraction of sp³-hybridized carbons (Fsp3) is 0.458. The fourth-order valence-electron chi connectivity index (χ4n) is 4.95. The minimum atomic E-state index is -1.11. The minimum absolute atomic E-state index is 0.0534. The number of phenols is 2. The van der Waals surface area contributed by atoms with E-state index in [0.717, 1.165) is 61.9 Å². The third-order valence-electron chi connectivity index (χ3n) is 6.88. The van der Waals surface area contributed by atoms with Gasteiger partial charge in [-0.2, -0.15) is 0 Å². The molecular weight excluding hydrogens is 380 g/mol. The summed E-state index contributed by atoms with van der Waals surface area (Å²) in [5, 5.41) is 29.0. The molecule has 2 aliphatic heterocycles. The summed E-state index contributed by atoms with van der Waals surface area (Å²) in [6.07, 6.45) is 4.59.